The number of nitrogens with one attached hydrogen (secondary N) is 1. The Morgan fingerprint density at radius 2 is 2.29 bits per heavy atom. The van der Waals surface area contributed by atoms with Crippen molar-refractivity contribution in [2.24, 2.45) is 0 Å². The molecule has 1 aromatic carbocycles. The van der Waals surface area contributed by atoms with Gasteiger partial charge in [-0.25, -0.2) is 4.79 Å². The van der Waals surface area contributed by atoms with Crippen LogP contribution in [-0.4, -0.2) is 21.3 Å². The van der Waals surface area contributed by atoms with Gasteiger partial charge in [-0.05, 0) is 12.1 Å². The summed E-state index contributed by atoms with van der Waals surface area (Å²) in [4.78, 5) is 10.9. The number of carbonyl (C=O) groups is 1. The van der Waals surface area contributed by atoms with Gasteiger partial charge in [0.1, 0.15) is 5.15 Å². The molecule has 0 unspecified atom stereocenters. The molecule has 1 heterocycles. The molecule has 0 bridgehead atoms. The number of hydrogen-bond donors (Lipinski definition) is 3. The summed E-state index contributed by atoms with van der Waals surface area (Å²) in [6, 6.07) is 2.91. The fourth-order valence-corrected chi connectivity index (χ4v) is 1.54. The van der Waals surface area contributed by atoms with E-state index in [0.29, 0.717) is 16.6 Å². The van der Waals surface area contributed by atoms with E-state index < -0.39 is 5.97 Å². The molecule has 0 fully saturated rings. The molecule has 72 valence electrons. The van der Waals surface area contributed by atoms with Crippen LogP contribution in [0.2, 0.25) is 5.15 Å². The number of H-pyrrole nitrogens is 1. The summed E-state index contributed by atoms with van der Waals surface area (Å²) in [7, 11) is 0. The molecule has 5 nitrogen and oxygen atoms in total. The van der Waals surface area contributed by atoms with Crippen LogP contribution >= 0.6 is 11.6 Å². The smallest absolute Gasteiger partial charge is 0.336 e. The molecular weight excluding hydrogens is 206 g/mol. The number of carboxylic acid groups (broad SMARTS) is 1. The van der Waals surface area contributed by atoms with Gasteiger partial charge in [0, 0.05) is 5.69 Å². The lowest BCUT2D eigenvalue weighted by atomic mass is 10.1. The number of nitrogens with zero attached hydrogens (tertiary/aromatic N) is 1. The lowest BCUT2D eigenvalue weighted by molar-refractivity contribution is 0.0699. The van der Waals surface area contributed by atoms with E-state index in [0.717, 1.165) is 0 Å². The second kappa shape index (κ2) is 2.88. The second-order valence-electron chi connectivity index (χ2n) is 2.81. The number of aromatic nitrogens is 2. The van der Waals surface area contributed by atoms with Crippen LogP contribution in [-0.2, 0) is 0 Å². The Morgan fingerprint density at radius 3 is 2.93 bits per heavy atom. The van der Waals surface area contributed by atoms with E-state index in [4.69, 9.17) is 22.4 Å². The highest BCUT2D eigenvalue weighted by atomic mass is 35.5. The van der Waals surface area contributed by atoms with Gasteiger partial charge in [0.2, 0.25) is 0 Å². The van der Waals surface area contributed by atoms with E-state index in [2.05, 4.69) is 10.2 Å². The third-order valence-electron chi connectivity index (χ3n) is 1.86. The predicted octanol–water partition coefficient (Wildman–Crippen LogP) is 1.50. The Bertz CT molecular complexity index is 521. The highest BCUT2D eigenvalue weighted by molar-refractivity contribution is 6.35. The van der Waals surface area contributed by atoms with E-state index in [9.17, 15) is 4.79 Å². The van der Waals surface area contributed by atoms with Gasteiger partial charge in [-0.3, -0.25) is 5.10 Å². The number of nitrogens with two attached hydrogens (primary N) is 1. The van der Waals surface area contributed by atoms with Crippen molar-refractivity contribution in [2.45, 2.75) is 0 Å². The first-order valence-corrected chi connectivity index (χ1v) is 4.14. The maximum Gasteiger partial charge on any atom is 0.336 e. The van der Waals surface area contributed by atoms with Crippen LogP contribution in [0.3, 0.4) is 0 Å². The van der Waals surface area contributed by atoms with Gasteiger partial charge in [0.25, 0.3) is 0 Å². The van der Waals surface area contributed by atoms with E-state index in [1.54, 1.807) is 6.07 Å². The minimum atomic E-state index is -1.08. The van der Waals surface area contributed by atoms with Crippen LogP contribution in [0.4, 0.5) is 5.69 Å². The zero-order valence-corrected chi connectivity index (χ0v) is 7.67. The predicted molar refractivity (Wildman–Crippen MR) is 52.5 cm³/mol. The van der Waals surface area contributed by atoms with Gasteiger partial charge >= 0.3 is 5.97 Å². The summed E-state index contributed by atoms with van der Waals surface area (Å²) in [5.41, 5.74) is 6.36. The molecule has 14 heavy (non-hydrogen) atoms. The summed E-state index contributed by atoms with van der Waals surface area (Å²) in [5.74, 6) is -1.08. The summed E-state index contributed by atoms with van der Waals surface area (Å²) < 4.78 is 0. The van der Waals surface area contributed by atoms with Gasteiger partial charge < -0.3 is 10.8 Å². The molecule has 0 aliphatic rings. The first kappa shape index (κ1) is 8.83. The zero-order valence-electron chi connectivity index (χ0n) is 6.91. The third kappa shape index (κ3) is 1.18. The maximum atomic E-state index is 10.9. The van der Waals surface area contributed by atoms with E-state index in [1.807, 2.05) is 0 Å². The molecular formula is C8H6ClN3O2. The molecule has 2 rings (SSSR count). The number of aromatic amines is 1. The summed E-state index contributed by atoms with van der Waals surface area (Å²) >= 11 is 5.75. The van der Waals surface area contributed by atoms with E-state index in [-0.39, 0.29) is 10.7 Å². The molecule has 0 amide bonds. The topological polar surface area (TPSA) is 92.0 Å². The minimum absolute atomic E-state index is 0.0544. The number of hydrogen-bond acceptors (Lipinski definition) is 3. The van der Waals surface area contributed by atoms with Gasteiger partial charge in [0.15, 0.2) is 0 Å². The molecule has 0 radical (unpaired) electrons. The molecule has 4 N–H and O–H groups in total. The van der Waals surface area contributed by atoms with E-state index in [1.165, 1.54) is 6.07 Å². The van der Waals surface area contributed by atoms with Gasteiger partial charge in [-0.1, -0.05) is 11.6 Å². The average molecular weight is 212 g/mol. The Morgan fingerprint density at radius 1 is 1.57 bits per heavy atom. The first-order chi connectivity index (χ1) is 6.59. The number of rotatable bonds is 1. The van der Waals surface area contributed by atoms with Crippen molar-refractivity contribution in [1.82, 2.24) is 10.2 Å². The van der Waals surface area contributed by atoms with Crippen LogP contribution in [0.1, 0.15) is 10.4 Å². The third-order valence-corrected chi connectivity index (χ3v) is 2.14. The molecule has 0 saturated heterocycles. The molecule has 0 aliphatic heterocycles. The molecule has 2 aromatic rings. The van der Waals surface area contributed by atoms with Crippen molar-refractivity contribution in [3.63, 3.8) is 0 Å². The molecule has 6 heteroatoms. The quantitative estimate of drug-likeness (QED) is 0.624. The van der Waals surface area contributed by atoms with E-state index >= 15 is 0 Å². The Kier molecular flexibility index (Phi) is 1.82. The molecule has 1 aromatic heterocycles. The van der Waals surface area contributed by atoms with Crippen molar-refractivity contribution < 1.29 is 9.90 Å². The molecule has 0 aliphatic carbocycles. The molecule has 0 saturated carbocycles. The van der Waals surface area contributed by atoms with Crippen LogP contribution in [0.25, 0.3) is 10.9 Å². The fourth-order valence-electron chi connectivity index (χ4n) is 1.30. The number of benzene rings is 1. The summed E-state index contributed by atoms with van der Waals surface area (Å²) in [6.07, 6.45) is 0. The highest BCUT2D eigenvalue weighted by Gasteiger charge is 2.14. The van der Waals surface area contributed by atoms with Crippen molar-refractivity contribution in [3.8, 4) is 0 Å². The largest absolute Gasteiger partial charge is 0.478 e. The maximum absolute atomic E-state index is 10.9. The highest BCUT2D eigenvalue weighted by Crippen LogP contribution is 2.26. The van der Waals surface area contributed by atoms with Gasteiger partial charge in [-0.15, -0.1) is 0 Å². The number of fused-ring (bicyclic) bond motifs is 1. The minimum Gasteiger partial charge on any atom is -0.478 e. The van der Waals surface area contributed by atoms with Crippen molar-refractivity contribution >= 4 is 34.2 Å². The van der Waals surface area contributed by atoms with Crippen LogP contribution in [0, 0.1) is 0 Å². The molecule has 0 spiro atoms. The second-order valence-corrected chi connectivity index (χ2v) is 3.18. The standard InChI is InChI=1S/C8H6ClN3O2/c9-7-6-4(8(13)14)1-3(10)2-5(6)11-12-7/h1-2H,10H2,(H,11,12)(H,13,14). The zero-order chi connectivity index (χ0) is 10.3. The average Bonchev–Trinajstić information content (AvgIpc) is 2.46. The number of anilines is 1. The van der Waals surface area contributed by atoms with Crippen LogP contribution in [0.5, 0.6) is 0 Å². The van der Waals surface area contributed by atoms with Crippen LogP contribution in [0.15, 0.2) is 12.1 Å². The van der Waals surface area contributed by atoms with Crippen molar-refractivity contribution in [1.29, 1.82) is 0 Å². The van der Waals surface area contributed by atoms with Crippen molar-refractivity contribution in [3.05, 3.63) is 22.8 Å². The Labute approximate surface area is 83.5 Å². The van der Waals surface area contributed by atoms with Gasteiger partial charge in [-0.2, -0.15) is 5.10 Å². The number of halogens is 1. The lowest BCUT2D eigenvalue weighted by Crippen LogP contribution is -1.98. The normalized spacial score (nSPS) is 10.6. The number of carboxylic acids is 1. The summed E-state index contributed by atoms with van der Waals surface area (Å²) in [5, 5.41) is 15.8. The fraction of sp³-hybridized carbons (Fsp3) is 0. The van der Waals surface area contributed by atoms with Gasteiger partial charge in [0.05, 0.1) is 16.5 Å². The lowest BCUT2D eigenvalue weighted by Gasteiger charge is -1.98. The number of nitrogen functional groups attached to an aromatic ring is 1. The van der Waals surface area contributed by atoms with Crippen molar-refractivity contribution in [2.75, 3.05) is 5.73 Å². The monoisotopic (exact) mass is 211 g/mol. The van der Waals surface area contributed by atoms with Crippen LogP contribution < -0.4 is 5.73 Å². The Balaban J connectivity index is 2.90. The number of aromatic carboxylic acids is 1. The summed E-state index contributed by atoms with van der Waals surface area (Å²) in [6.45, 7) is 0. The first-order valence-electron chi connectivity index (χ1n) is 3.76. The molecule has 0 atom stereocenters. The Hall–Kier alpha value is -1.75. The SMILES string of the molecule is Nc1cc(C(=O)O)c2c(Cl)[nH]nc2c1.